The summed E-state index contributed by atoms with van der Waals surface area (Å²) in [7, 11) is 0. The van der Waals surface area contributed by atoms with Crippen LogP contribution in [0.25, 0.3) is 10.9 Å². The maximum Gasteiger partial charge on any atom is 0.268 e. The number of hydrogen-bond donors (Lipinski definition) is 2. The van der Waals surface area contributed by atoms with E-state index in [0.29, 0.717) is 5.69 Å². The Morgan fingerprint density at radius 1 is 1.37 bits per heavy atom. The number of fused-ring (bicyclic) bond motifs is 1. The number of carbonyl (C=O) groups is 1. The highest BCUT2D eigenvalue weighted by Gasteiger charge is 2.22. The van der Waals surface area contributed by atoms with Gasteiger partial charge in [0, 0.05) is 17.4 Å². The summed E-state index contributed by atoms with van der Waals surface area (Å²) in [6, 6.07) is 9.82. The zero-order chi connectivity index (χ0) is 14.0. The van der Waals surface area contributed by atoms with E-state index in [4.69, 9.17) is 0 Å². The van der Waals surface area contributed by atoms with E-state index < -0.39 is 5.54 Å². The first-order valence-electron chi connectivity index (χ1n) is 6.50. The van der Waals surface area contributed by atoms with Crippen molar-refractivity contribution in [1.82, 2.24) is 9.88 Å². The first-order valence-corrected chi connectivity index (χ1v) is 6.50. The molecule has 0 spiro atoms. The van der Waals surface area contributed by atoms with Crippen molar-refractivity contribution in [3.63, 3.8) is 0 Å². The highest BCUT2D eigenvalue weighted by Crippen LogP contribution is 2.20. The van der Waals surface area contributed by atoms with Gasteiger partial charge in [-0.1, -0.05) is 18.2 Å². The Labute approximate surface area is 113 Å². The predicted octanol–water partition coefficient (Wildman–Crippen LogP) is 2.16. The fourth-order valence-electron chi connectivity index (χ4n) is 2.15. The van der Waals surface area contributed by atoms with Crippen molar-refractivity contribution >= 4 is 16.8 Å². The van der Waals surface area contributed by atoms with Crippen LogP contribution in [0.1, 0.15) is 31.3 Å². The van der Waals surface area contributed by atoms with Crippen molar-refractivity contribution in [2.24, 2.45) is 0 Å². The summed E-state index contributed by atoms with van der Waals surface area (Å²) in [5.41, 5.74) is 1.06. The highest BCUT2D eigenvalue weighted by molar-refractivity contribution is 5.99. The van der Waals surface area contributed by atoms with E-state index in [1.807, 2.05) is 41.8 Å². The second-order valence-electron chi connectivity index (χ2n) is 5.33. The lowest BCUT2D eigenvalue weighted by Crippen LogP contribution is -2.46. The largest absolute Gasteiger partial charge is 0.394 e. The van der Waals surface area contributed by atoms with Crippen LogP contribution < -0.4 is 5.32 Å². The van der Waals surface area contributed by atoms with Crippen LogP contribution in [-0.2, 0) is 6.54 Å². The summed E-state index contributed by atoms with van der Waals surface area (Å²) in [4.78, 5) is 12.3. The number of nitrogens with one attached hydrogen (secondary N) is 1. The van der Waals surface area contributed by atoms with Gasteiger partial charge in [0.2, 0.25) is 0 Å². The zero-order valence-electron chi connectivity index (χ0n) is 11.6. The third-order valence-corrected chi connectivity index (χ3v) is 3.21. The number of rotatable bonds is 4. The maximum absolute atomic E-state index is 12.3. The molecule has 1 aromatic carbocycles. The van der Waals surface area contributed by atoms with Crippen molar-refractivity contribution < 1.29 is 9.90 Å². The number of aliphatic hydroxyl groups excluding tert-OH is 1. The van der Waals surface area contributed by atoms with Crippen molar-refractivity contribution in [2.75, 3.05) is 6.61 Å². The molecule has 1 amide bonds. The van der Waals surface area contributed by atoms with Gasteiger partial charge in [-0.25, -0.2) is 0 Å². The summed E-state index contributed by atoms with van der Waals surface area (Å²) in [5, 5.41) is 13.1. The summed E-state index contributed by atoms with van der Waals surface area (Å²) in [6.07, 6.45) is 0. The van der Waals surface area contributed by atoms with Crippen LogP contribution in [0.5, 0.6) is 0 Å². The van der Waals surface area contributed by atoms with Crippen LogP contribution in [0.15, 0.2) is 30.3 Å². The van der Waals surface area contributed by atoms with Gasteiger partial charge >= 0.3 is 0 Å². The van der Waals surface area contributed by atoms with Gasteiger partial charge < -0.3 is 15.0 Å². The van der Waals surface area contributed by atoms with Crippen LogP contribution >= 0.6 is 0 Å². The Morgan fingerprint density at radius 2 is 2.05 bits per heavy atom. The molecule has 0 fully saturated rings. The van der Waals surface area contributed by atoms with Gasteiger partial charge in [-0.15, -0.1) is 0 Å². The molecule has 19 heavy (non-hydrogen) atoms. The summed E-state index contributed by atoms with van der Waals surface area (Å²) in [5.74, 6) is -0.155. The fourth-order valence-corrected chi connectivity index (χ4v) is 2.15. The molecule has 0 unspecified atom stereocenters. The monoisotopic (exact) mass is 260 g/mol. The minimum atomic E-state index is -0.619. The average Bonchev–Trinajstić information content (AvgIpc) is 2.76. The molecule has 0 saturated heterocycles. The van der Waals surface area contributed by atoms with Crippen molar-refractivity contribution in [2.45, 2.75) is 32.9 Å². The lowest BCUT2D eigenvalue weighted by atomic mass is 10.1. The van der Waals surface area contributed by atoms with E-state index in [2.05, 4.69) is 5.32 Å². The summed E-state index contributed by atoms with van der Waals surface area (Å²) < 4.78 is 1.98. The Hall–Kier alpha value is -1.81. The predicted molar refractivity (Wildman–Crippen MR) is 76.2 cm³/mol. The number of aromatic nitrogens is 1. The maximum atomic E-state index is 12.3. The molecule has 0 bridgehead atoms. The minimum Gasteiger partial charge on any atom is -0.394 e. The van der Waals surface area contributed by atoms with Crippen molar-refractivity contribution in [3.05, 3.63) is 36.0 Å². The molecule has 0 atom stereocenters. The van der Waals surface area contributed by atoms with Gasteiger partial charge in [0.15, 0.2) is 0 Å². The molecule has 102 valence electrons. The second kappa shape index (κ2) is 5.05. The van der Waals surface area contributed by atoms with Gasteiger partial charge in [0.05, 0.1) is 12.1 Å². The average molecular weight is 260 g/mol. The number of hydrogen-bond acceptors (Lipinski definition) is 2. The van der Waals surface area contributed by atoms with Gasteiger partial charge in [-0.2, -0.15) is 0 Å². The molecule has 1 heterocycles. The van der Waals surface area contributed by atoms with Crippen LogP contribution in [-0.4, -0.2) is 27.7 Å². The van der Waals surface area contributed by atoms with E-state index in [1.165, 1.54) is 0 Å². The second-order valence-corrected chi connectivity index (χ2v) is 5.33. The fraction of sp³-hybridized carbons (Fsp3) is 0.400. The van der Waals surface area contributed by atoms with Crippen LogP contribution in [0, 0.1) is 0 Å². The Bertz CT molecular complexity index is 599. The highest BCUT2D eigenvalue weighted by atomic mass is 16.3. The number of para-hydroxylation sites is 1. The van der Waals surface area contributed by atoms with Gasteiger partial charge in [-0.05, 0) is 32.9 Å². The molecule has 1 aromatic heterocycles. The topological polar surface area (TPSA) is 54.3 Å². The quantitative estimate of drug-likeness (QED) is 0.885. The Balaban J connectivity index is 2.42. The Morgan fingerprint density at radius 3 is 2.68 bits per heavy atom. The molecular formula is C15H20N2O2. The van der Waals surface area contributed by atoms with E-state index >= 15 is 0 Å². The van der Waals surface area contributed by atoms with Crippen molar-refractivity contribution in [3.8, 4) is 0 Å². The molecule has 4 nitrogen and oxygen atoms in total. The third-order valence-electron chi connectivity index (χ3n) is 3.21. The molecule has 2 aromatic rings. The summed E-state index contributed by atoms with van der Waals surface area (Å²) in [6.45, 7) is 6.25. The van der Waals surface area contributed by atoms with E-state index in [1.54, 1.807) is 13.8 Å². The van der Waals surface area contributed by atoms with E-state index in [0.717, 1.165) is 17.4 Å². The summed E-state index contributed by atoms with van der Waals surface area (Å²) >= 11 is 0. The Kier molecular flexibility index (Phi) is 3.62. The smallest absolute Gasteiger partial charge is 0.268 e. The number of nitrogens with zero attached hydrogens (tertiary/aromatic N) is 1. The molecule has 0 aliphatic heterocycles. The SMILES string of the molecule is CCn1c(C(=O)NC(C)(C)CO)cc2ccccc21. The van der Waals surface area contributed by atoms with Crippen LogP contribution in [0.3, 0.4) is 0 Å². The first kappa shape index (κ1) is 13.6. The molecule has 0 aliphatic carbocycles. The number of carbonyl (C=O) groups excluding carboxylic acids is 1. The van der Waals surface area contributed by atoms with Gasteiger partial charge in [-0.3, -0.25) is 4.79 Å². The number of amides is 1. The molecule has 2 N–H and O–H groups in total. The molecule has 0 radical (unpaired) electrons. The van der Waals surface area contributed by atoms with E-state index in [9.17, 15) is 9.90 Å². The van der Waals surface area contributed by atoms with Crippen LogP contribution in [0.4, 0.5) is 0 Å². The lowest BCUT2D eigenvalue weighted by Gasteiger charge is -2.23. The standard InChI is InChI=1S/C15H20N2O2/c1-4-17-12-8-6-5-7-11(12)9-13(17)14(19)16-15(2,3)10-18/h5-9,18H,4,10H2,1-3H3,(H,16,19). The van der Waals surface area contributed by atoms with E-state index in [-0.39, 0.29) is 12.5 Å². The molecule has 0 saturated carbocycles. The minimum absolute atomic E-state index is 0.0922. The molecule has 4 heteroatoms. The molecule has 0 aliphatic rings. The van der Waals surface area contributed by atoms with Crippen LogP contribution in [0.2, 0.25) is 0 Å². The first-order chi connectivity index (χ1) is 8.98. The normalized spacial score (nSPS) is 11.8. The van der Waals surface area contributed by atoms with Gasteiger partial charge in [0.25, 0.3) is 5.91 Å². The number of aliphatic hydroxyl groups is 1. The van der Waals surface area contributed by atoms with Gasteiger partial charge in [0.1, 0.15) is 5.69 Å². The third kappa shape index (κ3) is 2.63. The molecular weight excluding hydrogens is 240 g/mol. The molecule has 2 rings (SSSR count). The number of aryl methyl sites for hydroxylation is 1. The zero-order valence-corrected chi connectivity index (χ0v) is 11.6. The van der Waals surface area contributed by atoms with Crippen molar-refractivity contribution in [1.29, 1.82) is 0 Å². The lowest BCUT2D eigenvalue weighted by molar-refractivity contribution is 0.0860. The number of benzene rings is 1.